The fourth-order valence-corrected chi connectivity index (χ4v) is 3.97. The number of rotatable bonds is 7. The number of hydrogen-bond donors (Lipinski definition) is 2. The van der Waals surface area contributed by atoms with E-state index in [-0.39, 0.29) is 10.6 Å². The van der Waals surface area contributed by atoms with E-state index in [1.165, 1.54) is 42.9 Å². The number of phenolic OH excluding ortho intramolecular Hbond substituents is 1. The number of benzene rings is 2. The largest absolute Gasteiger partial charge is 0.504 e. The number of sulfonamides is 1. The molecule has 0 bridgehead atoms. The average Bonchev–Trinajstić information content (AvgIpc) is 3.18. The van der Waals surface area contributed by atoms with Crippen molar-refractivity contribution in [3.05, 3.63) is 53.4 Å². The zero-order valence-electron chi connectivity index (χ0n) is 16.0. The molecule has 0 saturated heterocycles. The summed E-state index contributed by atoms with van der Waals surface area (Å²) in [5, 5.41) is 16.2. The van der Waals surface area contributed by atoms with Crippen LogP contribution >= 0.6 is 11.3 Å². The summed E-state index contributed by atoms with van der Waals surface area (Å²) in [4.78, 5) is 4.69. The van der Waals surface area contributed by atoms with Crippen LogP contribution in [0.4, 0.5) is 5.13 Å². The lowest BCUT2D eigenvalue weighted by molar-refractivity contribution is 0.373. The predicted molar refractivity (Wildman–Crippen MR) is 114 cm³/mol. The number of nitrogens with one attached hydrogen (secondary N) is 1. The Labute approximate surface area is 173 Å². The van der Waals surface area contributed by atoms with E-state index in [0.717, 1.165) is 11.1 Å². The second kappa shape index (κ2) is 8.60. The predicted octanol–water partition coefficient (Wildman–Crippen LogP) is 3.22. The molecule has 0 fully saturated rings. The molecule has 2 aromatic carbocycles. The quantitative estimate of drug-likeness (QED) is 0.439. The summed E-state index contributed by atoms with van der Waals surface area (Å²) in [5.74, 6) is 0.428. The van der Waals surface area contributed by atoms with Gasteiger partial charge < -0.3 is 9.84 Å². The SMILES string of the molecule is COc1cc(/C=N/Nc2nc(-c3ccc(S(=O)(=O)N(C)C)cc3)cs2)ccc1O. The zero-order valence-corrected chi connectivity index (χ0v) is 17.7. The van der Waals surface area contributed by atoms with Crippen LogP contribution in [0.2, 0.25) is 0 Å². The van der Waals surface area contributed by atoms with Crippen LogP contribution < -0.4 is 10.2 Å². The van der Waals surface area contributed by atoms with Crippen molar-refractivity contribution in [3.8, 4) is 22.8 Å². The van der Waals surface area contributed by atoms with E-state index >= 15 is 0 Å². The molecule has 2 N–H and O–H groups in total. The Hall–Kier alpha value is -2.95. The van der Waals surface area contributed by atoms with E-state index in [9.17, 15) is 13.5 Å². The number of aromatic nitrogens is 1. The molecule has 0 unspecified atom stereocenters. The first-order chi connectivity index (χ1) is 13.8. The second-order valence-corrected chi connectivity index (χ2v) is 9.16. The van der Waals surface area contributed by atoms with Gasteiger partial charge >= 0.3 is 0 Å². The van der Waals surface area contributed by atoms with Gasteiger partial charge in [-0.25, -0.2) is 17.7 Å². The highest BCUT2D eigenvalue weighted by Crippen LogP contribution is 2.27. The van der Waals surface area contributed by atoms with Crippen molar-refractivity contribution in [3.63, 3.8) is 0 Å². The summed E-state index contributed by atoms with van der Waals surface area (Å²) in [7, 11) is 1.02. The van der Waals surface area contributed by atoms with Gasteiger partial charge in [-0.1, -0.05) is 12.1 Å². The molecule has 1 heterocycles. The van der Waals surface area contributed by atoms with Crippen molar-refractivity contribution in [2.45, 2.75) is 4.90 Å². The van der Waals surface area contributed by atoms with Gasteiger partial charge in [0, 0.05) is 25.0 Å². The van der Waals surface area contributed by atoms with Gasteiger partial charge in [0.05, 0.1) is 23.9 Å². The number of aromatic hydroxyl groups is 1. The molecule has 0 aliphatic heterocycles. The Morgan fingerprint density at radius 3 is 2.59 bits per heavy atom. The summed E-state index contributed by atoms with van der Waals surface area (Å²) in [6.45, 7) is 0. The number of nitrogens with zero attached hydrogens (tertiary/aromatic N) is 3. The first kappa shape index (κ1) is 20.8. The minimum absolute atomic E-state index is 0.0616. The number of anilines is 1. The topological polar surface area (TPSA) is 104 Å². The van der Waals surface area contributed by atoms with Crippen molar-refractivity contribution in [1.29, 1.82) is 0 Å². The normalized spacial score (nSPS) is 11.9. The molecule has 8 nitrogen and oxygen atoms in total. The van der Waals surface area contributed by atoms with Crippen molar-refractivity contribution in [1.82, 2.24) is 9.29 Å². The molecule has 0 atom stereocenters. The van der Waals surface area contributed by atoms with Gasteiger partial charge in [0.2, 0.25) is 15.2 Å². The summed E-state index contributed by atoms with van der Waals surface area (Å²) in [5.41, 5.74) is 5.13. The van der Waals surface area contributed by atoms with Crippen molar-refractivity contribution in [2.75, 3.05) is 26.6 Å². The van der Waals surface area contributed by atoms with E-state index in [0.29, 0.717) is 16.6 Å². The second-order valence-electron chi connectivity index (χ2n) is 6.15. The van der Waals surface area contributed by atoms with Crippen LogP contribution in [0.5, 0.6) is 11.5 Å². The number of methoxy groups -OCH3 is 1. The molecule has 10 heteroatoms. The smallest absolute Gasteiger partial charge is 0.242 e. The lowest BCUT2D eigenvalue weighted by Crippen LogP contribution is -2.22. The first-order valence-corrected chi connectivity index (χ1v) is 10.8. The maximum absolute atomic E-state index is 12.1. The Bertz CT molecular complexity index is 1120. The standard InChI is InChI=1S/C19H20N4O4S2/c1-23(2)29(25,26)15-7-5-14(6-8-15)16-12-28-19(21-16)22-20-11-13-4-9-17(24)18(10-13)27-3/h4-12,24H,1-3H3,(H,21,22)/b20-11+. The van der Waals surface area contributed by atoms with Crippen LogP contribution in [0.25, 0.3) is 11.3 Å². The van der Waals surface area contributed by atoms with Gasteiger partial charge in [-0.3, -0.25) is 5.43 Å². The Balaban J connectivity index is 1.69. The van der Waals surface area contributed by atoms with Gasteiger partial charge in [0.1, 0.15) is 0 Å². The van der Waals surface area contributed by atoms with Crippen LogP contribution in [0, 0.1) is 0 Å². The molecule has 3 rings (SSSR count). The minimum Gasteiger partial charge on any atom is -0.504 e. The molecule has 0 amide bonds. The summed E-state index contributed by atoms with van der Waals surface area (Å²) >= 11 is 1.38. The molecule has 0 spiro atoms. The van der Waals surface area contributed by atoms with E-state index < -0.39 is 10.0 Å². The highest BCUT2D eigenvalue weighted by molar-refractivity contribution is 7.89. The summed E-state index contributed by atoms with van der Waals surface area (Å²) in [6.07, 6.45) is 1.59. The third-order valence-corrected chi connectivity index (χ3v) is 6.59. The number of phenols is 1. The van der Waals surface area contributed by atoms with Gasteiger partial charge in [-0.2, -0.15) is 5.10 Å². The molecule has 0 aliphatic carbocycles. The molecular weight excluding hydrogens is 412 g/mol. The van der Waals surface area contributed by atoms with Gasteiger partial charge in [-0.15, -0.1) is 11.3 Å². The molecule has 0 saturated carbocycles. The molecule has 152 valence electrons. The third-order valence-electron chi connectivity index (χ3n) is 4.01. The molecule has 0 radical (unpaired) electrons. The van der Waals surface area contributed by atoms with E-state index in [4.69, 9.17) is 4.74 Å². The van der Waals surface area contributed by atoms with Crippen LogP contribution in [0.1, 0.15) is 5.56 Å². The third kappa shape index (κ3) is 4.73. The summed E-state index contributed by atoms with van der Waals surface area (Å²) in [6, 6.07) is 11.5. The van der Waals surface area contributed by atoms with Gasteiger partial charge in [0.25, 0.3) is 0 Å². The number of thiazole rings is 1. The maximum atomic E-state index is 12.1. The fraction of sp³-hybridized carbons (Fsp3) is 0.158. The number of ether oxygens (including phenoxy) is 1. The summed E-state index contributed by atoms with van der Waals surface area (Å²) < 4.78 is 30.5. The zero-order chi connectivity index (χ0) is 21.0. The van der Waals surface area contributed by atoms with Crippen LogP contribution in [-0.4, -0.2) is 50.2 Å². The highest BCUT2D eigenvalue weighted by Gasteiger charge is 2.17. The lowest BCUT2D eigenvalue weighted by Gasteiger charge is -2.11. The van der Waals surface area contributed by atoms with Crippen LogP contribution in [-0.2, 0) is 10.0 Å². The molecule has 3 aromatic rings. The number of hydrogen-bond acceptors (Lipinski definition) is 8. The Morgan fingerprint density at radius 2 is 1.93 bits per heavy atom. The van der Waals surface area contributed by atoms with E-state index in [1.54, 1.807) is 42.6 Å². The first-order valence-electron chi connectivity index (χ1n) is 8.46. The molecule has 29 heavy (non-hydrogen) atoms. The van der Waals surface area contributed by atoms with Crippen molar-refractivity contribution in [2.24, 2.45) is 5.10 Å². The molecule has 1 aromatic heterocycles. The average molecular weight is 433 g/mol. The van der Waals surface area contributed by atoms with Crippen LogP contribution in [0.3, 0.4) is 0 Å². The monoisotopic (exact) mass is 432 g/mol. The highest BCUT2D eigenvalue weighted by atomic mass is 32.2. The fourth-order valence-electron chi connectivity index (χ4n) is 2.40. The maximum Gasteiger partial charge on any atom is 0.242 e. The Kier molecular flexibility index (Phi) is 6.16. The van der Waals surface area contributed by atoms with E-state index in [2.05, 4.69) is 15.5 Å². The number of hydrazone groups is 1. The van der Waals surface area contributed by atoms with Gasteiger partial charge in [0.15, 0.2) is 11.5 Å². The lowest BCUT2D eigenvalue weighted by atomic mass is 10.2. The van der Waals surface area contributed by atoms with Gasteiger partial charge in [-0.05, 0) is 35.9 Å². The minimum atomic E-state index is -3.46. The molecule has 0 aliphatic rings. The van der Waals surface area contributed by atoms with E-state index in [1.807, 2.05) is 5.38 Å². The Morgan fingerprint density at radius 1 is 1.21 bits per heavy atom. The van der Waals surface area contributed by atoms with Crippen molar-refractivity contribution < 1.29 is 18.3 Å². The van der Waals surface area contributed by atoms with Crippen molar-refractivity contribution >= 4 is 32.7 Å². The molecular formula is C19H20N4O4S2. The van der Waals surface area contributed by atoms with Crippen LogP contribution in [0.15, 0.2) is 57.8 Å².